The lowest BCUT2D eigenvalue weighted by molar-refractivity contribution is 0.276. The zero-order chi connectivity index (χ0) is 12.7. The number of aliphatic hydroxyl groups excluding tert-OH is 1. The molecule has 4 nitrogen and oxygen atoms in total. The first-order valence-electron chi connectivity index (χ1n) is 5.65. The Kier molecular flexibility index (Phi) is 2.38. The van der Waals surface area contributed by atoms with Gasteiger partial charge in [0.05, 0.1) is 19.2 Å². The number of methoxy groups -OCH3 is 1. The molecular weight excluding hydrogens is 230 g/mol. The molecule has 0 spiro atoms. The molecular formula is C14H13NO3. The van der Waals surface area contributed by atoms with Crippen molar-refractivity contribution in [1.82, 2.24) is 4.98 Å². The number of phenols is 1. The van der Waals surface area contributed by atoms with Gasteiger partial charge in [-0.15, -0.1) is 0 Å². The highest BCUT2D eigenvalue weighted by molar-refractivity contribution is 6.08. The number of fused-ring (bicyclic) bond motifs is 3. The molecule has 0 atom stereocenters. The standard InChI is InChI=1S/C14H13NO3/c1-18-9-2-3-12-11(5-9)10-4-8(7-16)14(17)6-13(10)15-12/h2-6,15-17H,7H2,1H3. The Morgan fingerprint density at radius 1 is 1.11 bits per heavy atom. The van der Waals surface area contributed by atoms with Gasteiger partial charge < -0.3 is 19.9 Å². The van der Waals surface area contributed by atoms with E-state index in [1.165, 1.54) is 0 Å². The molecule has 2 aromatic carbocycles. The molecule has 3 rings (SSSR count). The van der Waals surface area contributed by atoms with Crippen LogP contribution in [-0.2, 0) is 6.61 Å². The normalized spacial score (nSPS) is 11.2. The maximum absolute atomic E-state index is 9.73. The Hall–Kier alpha value is -2.20. The highest BCUT2D eigenvalue weighted by atomic mass is 16.5. The Morgan fingerprint density at radius 2 is 1.89 bits per heavy atom. The summed E-state index contributed by atoms with van der Waals surface area (Å²) in [5.74, 6) is 0.880. The first kappa shape index (κ1) is 10.9. The second-order valence-corrected chi connectivity index (χ2v) is 4.22. The molecule has 0 amide bonds. The van der Waals surface area contributed by atoms with Gasteiger partial charge in [0, 0.05) is 27.9 Å². The van der Waals surface area contributed by atoms with Crippen LogP contribution in [0, 0.1) is 0 Å². The number of hydrogen-bond donors (Lipinski definition) is 3. The average molecular weight is 243 g/mol. The van der Waals surface area contributed by atoms with Crippen LogP contribution in [0.5, 0.6) is 11.5 Å². The molecule has 0 fully saturated rings. The van der Waals surface area contributed by atoms with E-state index in [1.807, 2.05) is 18.2 Å². The maximum Gasteiger partial charge on any atom is 0.123 e. The summed E-state index contributed by atoms with van der Waals surface area (Å²) in [5.41, 5.74) is 2.33. The largest absolute Gasteiger partial charge is 0.508 e. The number of hydrogen-bond acceptors (Lipinski definition) is 3. The van der Waals surface area contributed by atoms with E-state index < -0.39 is 0 Å². The summed E-state index contributed by atoms with van der Waals surface area (Å²) in [7, 11) is 1.63. The molecule has 0 unspecified atom stereocenters. The van der Waals surface area contributed by atoms with E-state index in [2.05, 4.69) is 4.98 Å². The number of aromatic hydroxyl groups is 1. The van der Waals surface area contributed by atoms with E-state index in [-0.39, 0.29) is 12.4 Å². The molecule has 0 aliphatic carbocycles. The van der Waals surface area contributed by atoms with Crippen molar-refractivity contribution in [3.05, 3.63) is 35.9 Å². The Balaban J connectivity index is 2.39. The number of aromatic amines is 1. The molecule has 3 N–H and O–H groups in total. The fraction of sp³-hybridized carbons (Fsp3) is 0.143. The molecule has 0 saturated heterocycles. The van der Waals surface area contributed by atoms with Gasteiger partial charge in [-0.25, -0.2) is 0 Å². The minimum atomic E-state index is -0.182. The molecule has 1 heterocycles. The van der Waals surface area contributed by atoms with Crippen LogP contribution < -0.4 is 4.74 Å². The topological polar surface area (TPSA) is 65.5 Å². The highest BCUT2D eigenvalue weighted by Gasteiger charge is 2.09. The fourth-order valence-electron chi connectivity index (χ4n) is 2.21. The minimum absolute atomic E-state index is 0.100. The summed E-state index contributed by atoms with van der Waals surface area (Å²) >= 11 is 0. The second-order valence-electron chi connectivity index (χ2n) is 4.22. The predicted octanol–water partition coefficient (Wildman–Crippen LogP) is 2.53. The molecule has 18 heavy (non-hydrogen) atoms. The van der Waals surface area contributed by atoms with Gasteiger partial charge in [0.2, 0.25) is 0 Å². The number of rotatable bonds is 2. The van der Waals surface area contributed by atoms with E-state index in [9.17, 15) is 10.2 Å². The molecule has 0 saturated carbocycles. The fourth-order valence-corrected chi connectivity index (χ4v) is 2.21. The zero-order valence-corrected chi connectivity index (χ0v) is 9.90. The first-order chi connectivity index (χ1) is 8.72. The molecule has 0 aliphatic rings. The van der Waals surface area contributed by atoms with Gasteiger partial charge >= 0.3 is 0 Å². The van der Waals surface area contributed by atoms with Crippen molar-refractivity contribution in [2.24, 2.45) is 0 Å². The van der Waals surface area contributed by atoms with Crippen LogP contribution in [0.2, 0.25) is 0 Å². The molecule has 0 aliphatic heterocycles. The summed E-state index contributed by atoms with van der Waals surface area (Å²) in [6.45, 7) is -0.182. The van der Waals surface area contributed by atoms with Gasteiger partial charge in [-0.2, -0.15) is 0 Å². The van der Waals surface area contributed by atoms with Crippen LogP contribution in [-0.4, -0.2) is 22.3 Å². The van der Waals surface area contributed by atoms with Crippen molar-refractivity contribution in [1.29, 1.82) is 0 Å². The van der Waals surface area contributed by atoms with Crippen molar-refractivity contribution in [3.8, 4) is 11.5 Å². The lowest BCUT2D eigenvalue weighted by atomic mass is 10.1. The van der Waals surface area contributed by atoms with E-state index in [1.54, 1.807) is 19.2 Å². The Bertz CT molecular complexity index is 731. The van der Waals surface area contributed by atoms with Crippen LogP contribution in [0.15, 0.2) is 30.3 Å². The quantitative estimate of drug-likeness (QED) is 0.648. The van der Waals surface area contributed by atoms with Crippen LogP contribution in [0.1, 0.15) is 5.56 Å². The van der Waals surface area contributed by atoms with Gasteiger partial charge in [-0.1, -0.05) is 0 Å². The van der Waals surface area contributed by atoms with Gasteiger partial charge in [-0.05, 0) is 24.3 Å². The molecule has 1 aromatic heterocycles. The van der Waals surface area contributed by atoms with Crippen molar-refractivity contribution < 1.29 is 14.9 Å². The highest BCUT2D eigenvalue weighted by Crippen LogP contribution is 2.32. The summed E-state index contributed by atoms with van der Waals surface area (Å²) < 4.78 is 5.21. The number of aromatic nitrogens is 1. The third kappa shape index (κ3) is 1.50. The van der Waals surface area contributed by atoms with Crippen molar-refractivity contribution in [2.75, 3.05) is 7.11 Å². The average Bonchev–Trinajstić information content (AvgIpc) is 2.73. The second kappa shape index (κ2) is 3.92. The smallest absolute Gasteiger partial charge is 0.123 e. The monoisotopic (exact) mass is 243 g/mol. The Labute approximate surface area is 103 Å². The van der Waals surface area contributed by atoms with Gasteiger partial charge in [0.25, 0.3) is 0 Å². The number of ether oxygens (including phenoxy) is 1. The van der Waals surface area contributed by atoms with E-state index in [0.29, 0.717) is 5.56 Å². The van der Waals surface area contributed by atoms with Gasteiger partial charge in [0.1, 0.15) is 11.5 Å². The molecule has 4 heteroatoms. The molecule has 3 aromatic rings. The Morgan fingerprint density at radius 3 is 2.61 bits per heavy atom. The van der Waals surface area contributed by atoms with E-state index in [0.717, 1.165) is 27.6 Å². The number of H-pyrrole nitrogens is 1. The number of benzene rings is 2. The van der Waals surface area contributed by atoms with Crippen LogP contribution in [0.25, 0.3) is 21.8 Å². The van der Waals surface area contributed by atoms with Crippen LogP contribution in [0.3, 0.4) is 0 Å². The molecule has 0 radical (unpaired) electrons. The minimum Gasteiger partial charge on any atom is -0.508 e. The van der Waals surface area contributed by atoms with Crippen molar-refractivity contribution in [2.45, 2.75) is 6.61 Å². The summed E-state index contributed by atoms with van der Waals surface area (Å²) in [5, 5.41) is 20.9. The molecule has 92 valence electrons. The van der Waals surface area contributed by atoms with Crippen LogP contribution >= 0.6 is 0 Å². The predicted molar refractivity (Wildman–Crippen MR) is 69.9 cm³/mol. The third-order valence-electron chi connectivity index (χ3n) is 3.18. The SMILES string of the molecule is COc1ccc2[nH]c3cc(O)c(CO)cc3c2c1. The number of nitrogens with one attached hydrogen (secondary N) is 1. The van der Waals surface area contributed by atoms with Crippen molar-refractivity contribution in [3.63, 3.8) is 0 Å². The van der Waals surface area contributed by atoms with E-state index in [4.69, 9.17) is 4.74 Å². The zero-order valence-electron chi connectivity index (χ0n) is 9.90. The summed E-state index contributed by atoms with van der Waals surface area (Å²) in [4.78, 5) is 3.22. The number of aliphatic hydroxyl groups is 1. The molecule has 0 bridgehead atoms. The summed E-state index contributed by atoms with van der Waals surface area (Å²) in [6, 6.07) is 9.18. The maximum atomic E-state index is 9.73. The van der Waals surface area contributed by atoms with E-state index >= 15 is 0 Å². The lowest BCUT2D eigenvalue weighted by Crippen LogP contribution is -1.84. The van der Waals surface area contributed by atoms with Crippen LogP contribution in [0.4, 0.5) is 0 Å². The van der Waals surface area contributed by atoms with Gasteiger partial charge in [-0.3, -0.25) is 0 Å². The third-order valence-corrected chi connectivity index (χ3v) is 3.18. The first-order valence-corrected chi connectivity index (χ1v) is 5.65. The summed E-state index contributed by atoms with van der Waals surface area (Å²) in [6.07, 6.45) is 0. The van der Waals surface area contributed by atoms with Gasteiger partial charge in [0.15, 0.2) is 0 Å². The lowest BCUT2D eigenvalue weighted by Gasteiger charge is -2.01. The van der Waals surface area contributed by atoms with Crippen molar-refractivity contribution >= 4 is 21.8 Å².